The number of carbonyl (C=O) groups is 1. The summed E-state index contributed by atoms with van der Waals surface area (Å²) in [7, 11) is 0. The van der Waals surface area contributed by atoms with Crippen molar-refractivity contribution >= 4 is 5.97 Å². The third-order valence-electron chi connectivity index (χ3n) is 2.63. The fraction of sp³-hybridized carbons (Fsp3) is 0.533. The number of hydrogen-bond donors (Lipinski definition) is 0. The molecule has 0 saturated heterocycles. The second-order valence-corrected chi connectivity index (χ2v) is 4.24. The molecule has 1 aromatic rings. The van der Waals surface area contributed by atoms with Crippen LogP contribution in [-0.4, -0.2) is 19.4 Å². The number of carbonyl (C=O) groups excluding carboxylic acids is 1. The molecular formula is C15H22O3. The molecule has 0 bridgehead atoms. The third-order valence-corrected chi connectivity index (χ3v) is 2.63. The first-order valence-electron chi connectivity index (χ1n) is 6.60. The van der Waals surface area contributed by atoms with Crippen LogP contribution >= 0.6 is 0 Å². The summed E-state index contributed by atoms with van der Waals surface area (Å²) in [6, 6.07) is 10.1. The van der Waals surface area contributed by atoms with Crippen molar-refractivity contribution in [1.29, 1.82) is 0 Å². The van der Waals surface area contributed by atoms with Gasteiger partial charge >= 0.3 is 5.97 Å². The van der Waals surface area contributed by atoms with Crippen molar-refractivity contribution in [3.63, 3.8) is 0 Å². The van der Waals surface area contributed by atoms with E-state index >= 15 is 0 Å². The van der Waals surface area contributed by atoms with Crippen molar-refractivity contribution in [1.82, 2.24) is 0 Å². The maximum absolute atomic E-state index is 11.4. The van der Waals surface area contributed by atoms with E-state index in [9.17, 15) is 4.79 Å². The number of unbranched alkanes of at least 4 members (excludes halogenated alkanes) is 1. The van der Waals surface area contributed by atoms with Crippen LogP contribution < -0.4 is 0 Å². The van der Waals surface area contributed by atoms with E-state index in [0.717, 1.165) is 25.7 Å². The van der Waals surface area contributed by atoms with Gasteiger partial charge in [-0.25, -0.2) is 0 Å². The van der Waals surface area contributed by atoms with Crippen LogP contribution in [0.3, 0.4) is 0 Å². The average Bonchev–Trinajstić information content (AvgIpc) is 2.40. The minimum atomic E-state index is -0.178. The summed E-state index contributed by atoms with van der Waals surface area (Å²) in [6.45, 7) is 2.84. The Morgan fingerprint density at radius 1 is 1.17 bits per heavy atom. The lowest BCUT2D eigenvalue weighted by molar-refractivity contribution is -0.156. The summed E-state index contributed by atoms with van der Waals surface area (Å²) < 4.78 is 10.1. The smallest absolute Gasteiger partial charge is 0.307 e. The van der Waals surface area contributed by atoms with Gasteiger partial charge in [0.05, 0.1) is 6.61 Å². The van der Waals surface area contributed by atoms with E-state index in [0.29, 0.717) is 13.0 Å². The minimum Gasteiger partial charge on any atom is -0.438 e. The van der Waals surface area contributed by atoms with Gasteiger partial charge in [-0.1, -0.05) is 43.7 Å². The average molecular weight is 250 g/mol. The molecule has 0 heterocycles. The first-order chi connectivity index (χ1) is 8.83. The summed E-state index contributed by atoms with van der Waals surface area (Å²) in [5, 5.41) is 0. The molecule has 0 N–H and O–H groups in total. The Morgan fingerprint density at radius 3 is 2.67 bits per heavy atom. The van der Waals surface area contributed by atoms with Gasteiger partial charge in [0, 0.05) is 6.42 Å². The summed E-state index contributed by atoms with van der Waals surface area (Å²) in [5.74, 6) is -0.178. The number of benzene rings is 1. The Kier molecular flexibility index (Phi) is 7.89. The predicted octanol–water partition coefficient (Wildman–Crippen LogP) is 3.33. The molecule has 0 unspecified atom stereocenters. The minimum absolute atomic E-state index is 0.0875. The second-order valence-electron chi connectivity index (χ2n) is 4.24. The van der Waals surface area contributed by atoms with Gasteiger partial charge < -0.3 is 9.47 Å². The van der Waals surface area contributed by atoms with E-state index in [1.165, 1.54) is 5.56 Å². The summed E-state index contributed by atoms with van der Waals surface area (Å²) in [5.41, 5.74) is 1.25. The Labute approximate surface area is 109 Å². The zero-order valence-electron chi connectivity index (χ0n) is 11.1. The summed E-state index contributed by atoms with van der Waals surface area (Å²) in [6.07, 6.45) is 4.27. The molecular weight excluding hydrogens is 228 g/mol. The molecule has 0 aliphatic heterocycles. The molecule has 1 aromatic carbocycles. The highest BCUT2D eigenvalue weighted by Crippen LogP contribution is 2.05. The summed E-state index contributed by atoms with van der Waals surface area (Å²) >= 11 is 0. The first-order valence-corrected chi connectivity index (χ1v) is 6.60. The molecule has 0 spiro atoms. The van der Waals surface area contributed by atoms with Gasteiger partial charge in [-0.3, -0.25) is 4.79 Å². The molecule has 0 saturated carbocycles. The highest BCUT2D eigenvalue weighted by atomic mass is 16.7. The number of aryl methyl sites for hydroxylation is 1. The number of rotatable bonds is 9. The zero-order chi connectivity index (χ0) is 13.1. The van der Waals surface area contributed by atoms with Crippen molar-refractivity contribution in [2.45, 2.75) is 39.0 Å². The molecule has 0 fully saturated rings. The maximum atomic E-state index is 11.4. The highest BCUT2D eigenvalue weighted by Gasteiger charge is 2.02. The lowest BCUT2D eigenvalue weighted by Crippen LogP contribution is -2.09. The molecule has 0 aliphatic rings. The Balaban J connectivity index is 2.00. The summed E-state index contributed by atoms with van der Waals surface area (Å²) in [4.78, 5) is 11.4. The van der Waals surface area contributed by atoms with Crippen LogP contribution in [0.15, 0.2) is 30.3 Å². The third kappa shape index (κ3) is 7.07. The molecule has 0 aliphatic carbocycles. The van der Waals surface area contributed by atoms with E-state index < -0.39 is 0 Å². The van der Waals surface area contributed by atoms with E-state index in [1.54, 1.807) is 0 Å². The van der Waals surface area contributed by atoms with Gasteiger partial charge in [0.1, 0.15) is 0 Å². The van der Waals surface area contributed by atoms with Gasteiger partial charge in [0.2, 0.25) is 0 Å². The zero-order valence-corrected chi connectivity index (χ0v) is 11.1. The van der Waals surface area contributed by atoms with Gasteiger partial charge in [-0.05, 0) is 24.8 Å². The fourth-order valence-corrected chi connectivity index (χ4v) is 1.57. The van der Waals surface area contributed by atoms with Crippen LogP contribution in [0.2, 0.25) is 0 Å². The van der Waals surface area contributed by atoms with E-state index in [-0.39, 0.29) is 12.8 Å². The van der Waals surface area contributed by atoms with E-state index in [4.69, 9.17) is 9.47 Å². The van der Waals surface area contributed by atoms with Crippen molar-refractivity contribution < 1.29 is 14.3 Å². The molecule has 18 heavy (non-hydrogen) atoms. The van der Waals surface area contributed by atoms with Crippen LogP contribution in [0.5, 0.6) is 0 Å². The lowest BCUT2D eigenvalue weighted by atomic mass is 10.1. The van der Waals surface area contributed by atoms with Crippen LogP contribution in [-0.2, 0) is 20.7 Å². The van der Waals surface area contributed by atoms with Crippen molar-refractivity contribution in [2.75, 3.05) is 13.4 Å². The first kappa shape index (κ1) is 14.7. The molecule has 0 amide bonds. The Hall–Kier alpha value is -1.35. The van der Waals surface area contributed by atoms with Crippen LogP contribution in [0.4, 0.5) is 0 Å². The number of hydrogen-bond acceptors (Lipinski definition) is 3. The van der Waals surface area contributed by atoms with Gasteiger partial charge in [-0.15, -0.1) is 0 Å². The van der Waals surface area contributed by atoms with E-state index in [2.05, 4.69) is 19.1 Å². The van der Waals surface area contributed by atoms with Gasteiger partial charge in [0.25, 0.3) is 0 Å². The van der Waals surface area contributed by atoms with Crippen molar-refractivity contribution in [2.24, 2.45) is 0 Å². The van der Waals surface area contributed by atoms with Crippen LogP contribution in [0.25, 0.3) is 0 Å². The van der Waals surface area contributed by atoms with Gasteiger partial charge in [0.15, 0.2) is 6.79 Å². The SMILES string of the molecule is CCCCOCOC(=O)CCCc1ccccc1. The normalized spacial score (nSPS) is 10.3. The highest BCUT2D eigenvalue weighted by molar-refractivity contribution is 5.69. The van der Waals surface area contributed by atoms with Crippen molar-refractivity contribution in [3.8, 4) is 0 Å². The number of ether oxygens (including phenoxy) is 2. The maximum Gasteiger partial charge on any atom is 0.307 e. The standard InChI is InChI=1S/C15H22O3/c1-2-3-12-17-13-18-15(16)11-7-10-14-8-5-4-6-9-14/h4-6,8-9H,2-3,7,10-13H2,1H3. The molecule has 3 heteroatoms. The Morgan fingerprint density at radius 2 is 1.94 bits per heavy atom. The van der Waals surface area contributed by atoms with Crippen LogP contribution in [0.1, 0.15) is 38.2 Å². The Bertz CT molecular complexity index is 322. The topological polar surface area (TPSA) is 35.5 Å². The molecule has 0 aromatic heterocycles. The fourth-order valence-electron chi connectivity index (χ4n) is 1.57. The van der Waals surface area contributed by atoms with Crippen molar-refractivity contribution in [3.05, 3.63) is 35.9 Å². The largest absolute Gasteiger partial charge is 0.438 e. The predicted molar refractivity (Wildman–Crippen MR) is 71.2 cm³/mol. The molecule has 0 radical (unpaired) electrons. The van der Waals surface area contributed by atoms with Gasteiger partial charge in [-0.2, -0.15) is 0 Å². The van der Waals surface area contributed by atoms with E-state index in [1.807, 2.05) is 18.2 Å². The molecule has 0 atom stereocenters. The number of esters is 1. The van der Waals surface area contributed by atoms with Crippen LogP contribution in [0, 0.1) is 0 Å². The molecule has 3 nitrogen and oxygen atoms in total. The monoisotopic (exact) mass is 250 g/mol. The second kappa shape index (κ2) is 9.66. The lowest BCUT2D eigenvalue weighted by Gasteiger charge is -2.05. The quantitative estimate of drug-likeness (QED) is 0.383. The molecule has 1 rings (SSSR count). The molecule has 100 valence electrons.